The largest absolute Gasteiger partial charge is 0.330 e. The van der Waals surface area contributed by atoms with Crippen LogP contribution in [0.25, 0.3) is 0 Å². The van der Waals surface area contributed by atoms with Gasteiger partial charge >= 0.3 is 3.41 Å². The zero-order valence-electron chi connectivity index (χ0n) is 33.3. The molecule has 0 radical (unpaired) electrons. The van der Waals surface area contributed by atoms with Crippen LogP contribution < -0.4 is 18.9 Å². The van der Waals surface area contributed by atoms with Gasteiger partial charge < -0.3 is 0 Å². The Kier molecular flexibility index (Phi) is 29.3. The first-order chi connectivity index (χ1) is 26.7. The number of hydrogen-bond acceptors (Lipinski definition) is 12. The van der Waals surface area contributed by atoms with Gasteiger partial charge in [0, 0.05) is 51.9 Å². The van der Waals surface area contributed by atoms with Crippen molar-refractivity contribution in [1.29, 1.82) is 21.0 Å². The summed E-state index contributed by atoms with van der Waals surface area (Å²) >= 11 is 0. The maximum atomic E-state index is 14.8. The van der Waals surface area contributed by atoms with Gasteiger partial charge in [-0.05, 0) is 57.8 Å². The van der Waals surface area contributed by atoms with Crippen molar-refractivity contribution in [3.8, 4) is 24.3 Å². The van der Waals surface area contributed by atoms with Gasteiger partial charge in [-0.15, -0.1) is 0 Å². The molecule has 0 fully saturated rings. The molecule has 0 saturated heterocycles. The fraction of sp³-hybridized carbons (Fsp3) is 0.889. The van der Waals surface area contributed by atoms with Crippen molar-refractivity contribution in [3.05, 3.63) is 0 Å². The van der Waals surface area contributed by atoms with Crippen LogP contribution in [0.5, 0.6) is 0 Å². The average Bonchev–Trinajstić information content (AvgIpc) is 3.14. The lowest BCUT2D eigenvalue weighted by Crippen LogP contribution is -2.71. The van der Waals surface area contributed by atoms with Crippen molar-refractivity contribution in [3.63, 3.8) is 0 Å². The second kappa shape index (κ2) is 30.6. The molecule has 4 N–H and O–H groups in total. The van der Waals surface area contributed by atoms with Crippen LogP contribution in [-0.2, 0) is 40.1 Å². The molecule has 0 saturated carbocycles. The first-order valence-corrected chi connectivity index (χ1v) is 26.1. The molecule has 0 aliphatic rings. The Morgan fingerprint density at radius 1 is 0.411 bits per heavy atom. The summed E-state index contributed by atoms with van der Waals surface area (Å²) in [4.78, 5) is 0. The van der Waals surface area contributed by atoms with Crippen molar-refractivity contribution in [2.45, 2.75) is 176 Å². The molecule has 0 aromatic carbocycles. The maximum absolute atomic E-state index is 14.8. The Labute approximate surface area is 338 Å². The number of nitrogens with one attached hydrogen (secondary N) is 4. The van der Waals surface area contributed by atoms with E-state index >= 15 is 0 Å². The monoisotopic (exact) mass is 866 g/mol. The van der Waals surface area contributed by atoms with E-state index in [2.05, 4.69) is 18.9 Å². The highest BCUT2D eigenvalue weighted by atomic mass is 32.3. The van der Waals surface area contributed by atoms with E-state index in [4.69, 9.17) is 21.0 Å². The molecule has 20 heteroatoms. The van der Waals surface area contributed by atoms with Crippen molar-refractivity contribution >= 4 is 40.1 Å². The van der Waals surface area contributed by atoms with Crippen LogP contribution in [0.15, 0.2) is 0 Å². The van der Waals surface area contributed by atoms with E-state index in [1.54, 1.807) is 0 Å². The van der Waals surface area contributed by atoms with Crippen LogP contribution >= 0.6 is 0 Å². The van der Waals surface area contributed by atoms with Gasteiger partial charge in [-0.1, -0.05) is 84.0 Å². The van der Waals surface area contributed by atoms with E-state index in [0.717, 1.165) is 0 Å². The van der Waals surface area contributed by atoms with Crippen molar-refractivity contribution in [2.24, 2.45) is 0 Å². The Bertz CT molecular complexity index is 1560. The summed E-state index contributed by atoms with van der Waals surface area (Å²) in [6.07, 6.45) is 9.58. The van der Waals surface area contributed by atoms with Crippen molar-refractivity contribution < 1.29 is 33.7 Å². The molecule has 322 valence electrons. The van der Waals surface area contributed by atoms with E-state index in [9.17, 15) is 33.7 Å². The van der Waals surface area contributed by atoms with E-state index in [-0.39, 0.29) is 58.3 Å². The molecule has 0 spiro atoms. The lowest BCUT2D eigenvalue weighted by Gasteiger charge is -2.38. The minimum absolute atomic E-state index is 0.0204. The molecule has 0 rings (SSSR count). The topological polar surface area (TPSA) is 280 Å². The minimum Gasteiger partial charge on any atom is -0.215 e. The van der Waals surface area contributed by atoms with Crippen LogP contribution in [0, 0.1) is 45.3 Å². The zero-order valence-corrected chi connectivity index (χ0v) is 36.5. The number of sulfonamides is 4. The third kappa shape index (κ3) is 19.4. The van der Waals surface area contributed by atoms with Crippen LogP contribution in [0.3, 0.4) is 0 Å². The molecule has 0 aliphatic carbocycles. The molecule has 0 heterocycles. The molecule has 0 bridgehead atoms. The molecule has 1 atom stereocenters. The summed E-state index contributed by atoms with van der Waals surface area (Å²) in [5, 5.41) is 32.8. The van der Waals surface area contributed by atoms with Gasteiger partial charge in [0.2, 0.25) is 10.0 Å². The Morgan fingerprint density at radius 3 is 1.00 bits per heavy atom. The van der Waals surface area contributed by atoms with Gasteiger partial charge in [0.15, 0.2) is 0 Å². The van der Waals surface area contributed by atoms with E-state index in [1.807, 2.05) is 31.2 Å². The number of rotatable bonds is 38. The number of hydrogen-bond donors (Lipinski definition) is 4. The highest BCUT2D eigenvalue weighted by Gasteiger charge is 2.72. The number of nitrogens with zero attached hydrogens (tertiary/aromatic N) is 4. The van der Waals surface area contributed by atoms with Crippen LogP contribution in [-0.4, -0.2) is 68.5 Å². The minimum atomic E-state index is -5.60. The van der Waals surface area contributed by atoms with Crippen LogP contribution in [0.2, 0.25) is 0 Å². The van der Waals surface area contributed by atoms with Gasteiger partial charge in [0.05, 0.1) is 24.3 Å². The summed E-state index contributed by atoms with van der Waals surface area (Å²) in [5.41, 5.74) is 0. The van der Waals surface area contributed by atoms with Crippen molar-refractivity contribution in [1.82, 2.24) is 18.9 Å². The smallest absolute Gasteiger partial charge is 0.215 e. The summed E-state index contributed by atoms with van der Waals surface area (Å²) in [5.74, 6) is 0. The first-order valence-electron chi connectivity index (χ1n) is 20.1. The summed E-state index contributed by atoms with van der Waals surface area (Å²) in [6.45, 7) is 0.558. The molecule has 1 unspecified atom stereocenters. The number of unbranched alkanes of at least 4 members (excludes halogenated alkanes) is 19. The lowest BCUT2D eigenvalue weighted by atomic mass is 10.1. The second-order valence-corrected chi connectivity index (χ2v) is 22.4. The molecule has 0 amide bonds. The standard InChI is InChI=1S/C36H66N8O8S4/c1-2-3-4-17-26-35(53(45,46)41-31-22-13-5-9-18-27-37)36(54(47,48)42-32-23-14-6-10-19-28-38,55(49,50)43-33-24-15-7-11-20-29-39)56(51,52)44-34-25-16-8-12-21-30-40/h35,41-44H,2-26,31-34H2,1H3. The SMILES string of the molecule is CCCCCCC(C(S(=O)(=O)NCCCCCCC#N)(S(=O)(=O)NCCCCCCC#N)S(=O)(=O)NCCCCCCC#N)S(=O)(=O)NCCCCCCC#N. The molecule has 16 nitrogen and oxygen atoms in total. The second-order valence-electron chi connectivity index (χ2n) is 13.9. The highest BCUT2D eigenvalue weighted by molar-refractivity contribution is 8.25. The molecular weight excluding hydrogens is 801 g/mol. The zero-order chi connectivity index (χ0) is 42.2. The Balaban J connectivity index is 7.36. The third-order valence-electron chi connectivity index (χ3n) is 9.25. The fourth-order valence-corrected chi connectivity index (χ4v) is 17.7. The number of nitriles is 4. The Hall–Kier alpha value is -2.40. The summed E-state index contributed by atoms with van der Waals surface area (Å²) in [6, 6.07) is 8.11. The highest BCUT2D eigenvalue weighted by Crippen LogP contribution is 2.40. The molecule has 0 aromatic rings. The lowest BCUT2D eigenvalue weighted by molar-refractivity contribution is 0.489. The van der Waals surface area contributed by atoms with Crippen LogP contribution in [0.4, 0.5) is 0 Å². The molecule has 0 aromatic heterocycles. The normalized spacial score (nSPS) is 13.0. The molecule has 0 aliphatic heterocycles. The predicted octanol–water partition coefficient (Wildman–Crippen LogP) is 5.55. The maximum Gasteiger partial charge on any atom is 0.330 e. The molecule has 56 heavy (non-hydrogen) atoms. The third-order valence-corrected chi connectivity index (χ3v) is 20.4. The molecular formula is C36H66N8O8S4. The predicted molar refractivity (Wildman–Crippen MR) is 218 cm³/mol. The first kappa shape index (κ1) is 53.6. The van der Waals surface area contributed by atoms with Gasteiger partial charge in [0.25, 0.3) is 30.1 Å². The summed E-state index contributed by atoms with van der Waals surface area (Å²) < 4.78 is 122. The van der Waals surface area contributed by atoms with E-state index < -0.39 is 55.2 Å². The summed E-state index contributed by atoms with van der Waals surface area (Å²) in [7, 11) is -21.8. The van der Waals surface area contributed by atoms with Gasteiger partial charge in [-0.25, -0.2) is 52.6 Å². The van der Waals surface area contributed by atoms with Crippen molar-refractivity contribution in [2.75, 3.05) is 26.2 Å². The quantitative estimate of drug-likeness (QED) is 0.0556. The Morgan fingerprint density at radius 2 is 0.696 bits per heavy atom. The van der Waals surface area contributed by atoms with Gasteiger partial charge in [0.1, 0.15) is 5.25 Å². The van der Waals surface area contributed by atoms with E-state index in [0.29, 0.717) is 122 Å². The van der Waals surface area contributed by atoms with Crippen LogP contribution in [0.1, 0.15) is 167 Å². The van der Waals surface area contributed by atoms with Gasteiger partial charge in [-0.3, -0.25) is 0 Å². The van der Waals surface area contributed by atoms with Gasteiger partial charge in [-0.2, -0.15) is 21.0 Å². The van der Waals surface area contributed by atoms with E-state index in [1.165, 1.54) is 0 Å². The average molecular weight is 867 g/mol. The fourth-order valence-electron chi connectivity index (χ4n) is 6.20.